The minimum atomic E-state index is -0.954. The van der Waals surface area contributed by atoms with E-state index in [1.807, 2.05) is 6.08 Å². The Morgan fingerprint density at radius 1 is 0.446 bits per heavy atom. The van der Waals surface area contributed by atoms with Crippen LogP contribution >= 0.6 is 0 Å². The number of amides is 1. The second-order valence-electron chi connectivity index (χ2n) is 17.1. The van der Waals surface area contributed by atoms with Gasteiger partial charge in [0, 0.05) is 0 Å². The Kier molecular flexibility index (Phi) is 45.1. The van der Waals surface area contributed by atoms with Crippen LogP contribution in [0.2, 0.25) is 0 Å². The Hall–Kier alpha value is -1.43. The fourth-order valence-electron chi connectivity index (χ4n) is 7.59. The Bertz CT molecular complexity index is 870. The van der Waals surface area contributed by atoms with Crippen LogP contribution in [0.1, 0.15) is 258 Å². The van der Waals surface area contributed by atoms with Gasteiger partial charge in [0.1, 0.15) is 0 Å². The molecule has 0 rings (SSSR count). The molecule has 0 aromatic rings. The van der Waals surface area contributed by atoms with E-state index < -0.39 is 18.2 Å². The summed E-state index contributed by atoms with van der Waals surface area (Å²) in [7, 11) is 0. The number of hydrogen-bond acceptors (Lipinski definition) is 4. The molecule has 5 nitrogen and oxygen atoms in total. The van der Waals surface area contributed by atoms with Crippen LogP contribution in [0, 0.1) is 0 Å². The van der Waals surface area contributed by atoms with E-state index in [0.717, 1.165) is 44.9 Å². The predicted octanol–water partition coefficient (Wildman–Crippen LogP) is 14.7. The first-order valence-corrected chi connectivity index (χ1v) is 24.8. The van der Waals surface area contributed by atoms with Crippen molar-refractivity contribution in [2.75, 3.05) is 6.61 Å². The first-order chi connectivity index (χ1) is 27.5. The van der Waals surface area contributed by atoms with Gasteiger partial charge in [-0.25, -0.2) is 0 Å². The third-order valence-corrected chi connectivity index (χ3v) is 11.4. The van der Waals surface area contributed by atoms with Crippen LogP contribution < -0.4 is 5.32 Å². The van der Waals surface area contributed by atoms with Crippen molar-refractivity contribution in [1.82, 2.24) is 5.32 Å². The molecule has 0 aliphatic rings. The van der Waals surface area contributed by atoms with Crippen LogP contribution in [-0.2, 0) is 4.79 Å². The number of rotatable bonds is 45. The van der Waals surface area contributed by atoms with Crippen molar-refractivity contribution >= 4 is 5.91 Å². The monoisotopic (exact) mass is 788 g/mol. The maximum Gasteiger partial charge on any atom is 0.222 e. The van der Waals surface area contributed by atoms with Gasteiger partial charge in [0.25, 0.3) is 0 Å². The van der Waals surface area contributed by atoms with E-state index in [2.05, 4.69) is 43.5 Å². The van der Waals surface area contributed by atoms with E-state index in [9.17, 15) is 20.1 Å². The summed E-state index contributed by atoms with van der Waals surface area (Å²) in [6.45, 7) is 4.22. The highest BCUT2D eigenvalue weighted by Crippen LogP contribution is 2.16. The molecule has 0 heterocycles. The van der Waals surface area contributed by atoms with Gasteiger partial charge in [0.15, 0.2) is 0 Å². The van der Waals surface area contributed by atoms with Gasteiger partial charge < -0.3 is 20.6 Å². The molecular weight excluding hydrogens is 691 g/mol. The lowest BCUT2D eigenvalue weighted by atomic mass is 10.0. The second kappa shape index (κ2) is 46.3. The zero-order chi connectivity index (χ0) is 40.8. The summed E-state index contributed by atoms with van der Waals surface area (Å²) >= 11 is 0. The van der Waals surface area contributed by atoms with Crippen molar-refractivity contribution in [3.63, 3.8) is 0 Å². The predicted molar refractivity (Wildman–Crippen MR) is 245 cm³/mol. The molecule has 56 heavy (non-hydrogen) atoms. The van der Waals surface area contributed by atoms with Gasteiger partial charge in [-0.1, -0.05) is 230 Å². The van der Waals surface area contributed by atoms with E-state index in [-0.39, 0.29) is 18.9 Å². The third kappa shape index (κ3) is 42.2. The van der Waals surface area contributed by atoms with Crippen LogP contribution in [0.5, 0.6) is 0 Å². The number of hydrogen-bond donors (Lipinski definition) is 4. The summed E-state index contributed by atoms with van der Waals surface area (Å²) in [5.41, 5.74) is 0. The Morgan fingerprint density at radius 3 is 1.14 bits per heavy atom. The van der Waals surface area contributed by atoms with E-state index in [1.54, 1.807) is 6.08 Å². The fraction of sp³-hybridized carbons (Fsp3) is 0.863. The highest BCUT2D eigenvalue weighted by atomic mass is 16.3. The Morgan fingerprint density at radius 2 is 0.768 bits per heavy atom. The van der Waals surface area contributed by atoms with Gasteiger partial charge in [0.2, 0.25) is 5.91 Å². The van der Waals surface area contributed by atoms with Gasteiger partial charge in [-0.05, 0) is 57.8 Å². The molecular formula is C51H97NO4. The highest BCUT2D eigenvalue weighted by molar-refractivity contribution is 5.76. The Labute approximate surface area is 349 Å². The second-order valence-corrected chi connectivity index (χ2v) is 17.1. The van der Waals surface area contributed by atoms with Crippen molar-refractivity contribution in [2.24, 2.45) is 0 Å². The van der Waals surface area contributed by atoms with Gasteiger partial charge >= 0.3 is 0 Å². The molecule has 0 fully saturated rings. The number of carbonyl (C=O) groups is 1. The van der Waals surface area contributed by atoms with E-state index >= 15 is 0 Å². The minimum absolute atomic E-state index is 0.000998. The summed E-state index contributed by atoms with van der Waals surface area (Å²) in [5, 5.41) is 33.3. The normalized spacial score (nSPS) is 13.7. The molecule has 0 radical (unpaired) electrons. The van der Waals surface area contributed by atoms with Crippen molar-refractivity contribution in [1.29, 1.82) is 0 Å². The summed E-state index contributed by atoms with van der Waals surface area (Å²) in [5.74, 6) is -0.328. The Balaban J connectivity index is 3.67. The van der Waals surface area contributed by atoms with E-state index in [1.165, 1.54) is 186 Å². The van der Waals surface area contributed by atoms with Crippen molar-refractivity contribution in [3.05, 3.63) is 36.5 Å². The summed E-state index contributed by atoms with van der Waals surface area (Å²) in [6, 6.07) is -0.764. The number of aliphatic hydroxyl groups excluding tert-OH is 3. The first-order valence-electron chi connectivity index (χ1n) is 24.8. The summed E-state index contributed by atoms with van der Waals surface area (Å²) in [4.78, 5) is 12.5. The van der Waals surface area contributed by atoms with Crippen LogP contribution in [-0.4, -0.2) is 46.1 Å². The number of allylic oxidation sites excluding steroid dienone is 5. The standard InChI is InChI=1S/C51H97NO4/c1-3-5-7-9-11-13-15-17-19-21-23-25-27-29-31-33-35-37-39-41-43-45-50(55)49(47-53)52-51(56)46-48(54)44-42-40-38-36-34-32-30-28-26-24-22-20-18-16-14-12-10-8-6-4-2/h28,30,35,37,43,45,48-50,53-55H,3-27,29,31-34,36,38-42,44,46-47H2,1-2H3,(H,52,56)/b30-28-,37-35+,45-43+. The molecule has 3 unspecified atom stereocenters. The number of unbranched alkanes of at least 4 members (excludes halogenated alkanes) is 32. The van der Waals surface area contributed by atoms with Crippen LogP contribution in [0.3, 0.4) is 0 Å². The topological polar surface area (TPSA) is 89.8 Å². The molecule has 0 aromatic carbocycles. The lowest BCUT2D eigenvalue weighted by molar-refractivity contribution is -0.124. The molecule has 0 aliphatic heterocycles. The molecule has 4 N–H and O–H groups in total. The number of aliphatic hydroxyl groups is 3. The molecule has 5 heteroatoms. The minimum Gasteiger partial charge on any atom is -0.394 e. The van der Waals surface area contributed by atoms with Crippen molar-refractivity contribution in [2.45, 2.75) is 276 Å². The summed E-state index contributed by atoms with van der Waals surface area (Å²) in [6.07, 6.45) is 58.8. The molecule has 3 atom stereocenters. The summed E-state index contributed by atoms with van der Waals surface area (Å²) < 4.78 is 0. The van der Waals surface area contributed by atoms with Gasteiger partial charge in [-0.2, -0.15) is 0 Å². The molecule has 0 spiro atoms. The average molecular weight is 788 g/mol. The molecule has 0 saturated carbocycles. The van der Waals surface area contributed by atoms with Crippen molar-refractivity contribution in [3.8, 4) is 0 Å². The molecule has 0 bridgehead atoms. The number of nitrogens with one attached hydrogen (secondary N) is 1. The fourth-order valence-corrected chi connectivity index (χ4v) is 7.59. The molecule has 0 aromatic heterocycles. The van der Waals surface area contributed by atoms with Crippen molar-refractivity contribution < 1.29 is 20.1 Å². The zero-order valence-electron chi connectivity index (χ0n) is 37.5. The van der Waals surface area contributed by atoms with Gasteiger partial charge in [-0.15, -0.1) is 0 Å². The van der Waals surface area contributed by atoms with Crippen LogP contribution in [0.25, 0.3) is 0 Å². The quantitative estimate of drug-likeness (QED) is 0.0365. The third-order valence-electron chi connectivity index (χ3n) is 11.4. The molecule has 1 amide bonds. The molecule has 0 saturated heterocycles. The smallest absolute Gasteiger partial charge is 0.222 e. The lowest BCUT2D eigenvalue weighted by Gasteiger charge is -2.20. The van der Waals surface area contributed by atoms with Gasteiger partial charge in [-0.3, -0.25) is 4.79 Å². The lowest BCUT2D eigenvalue weighted by Crippen LogP contribution is -2.45. The zero-order valence-corrected chi connectivity index (χ0v) is 37.5. The molecule has 0 aliphatic carbocycles. The number of carbonyl (C=O) groups excluding carboxylic acids is 1. The average Bonchev–Trinajstić information content (AvgIpc) is 3.19. The highest BCUT2D eigenvalue weighted by Gasteiger charge is 2.20. The SMILES string of the molecule is CCCCCCCCCCCCC/C=C\CCCCCCCC(O)CC(=O)NC(CO)C(O)/C=C/CC/C=C/CCCCCCCCCCCCCCCCC. The van der Waals surface area contributed by atoms with E-state index in [0.29, 0.717) is 6.42 Å². The van der Waals surface area contributed by atoms with Gasteiger partial charge in [0.05, 0.1) is 31.3 Å². The molecule has 330 valence electrons. The van der Waals surface area contributed by atoms with E-state index in [4.69, 9.17) is 0 Å². The maximum atomic E-state index is 12.5. The largest absolute Gasteiger partial charge is 0.394 e. The van der Waals surface area contributed by atoms with Crippen LogP contribution in [0.15, 0.2) is 36.5 Å². The maximum absolute atomic E-state index is 12.5. The first kappa shape index (κ1) is 54.6. The van der Waals surface area contributed by atoms with Crippen LogP contribution in [0.4, 0.5) is 0 Å².